The van der Waals surface area contributed by atoms with E-state index in [0.717, 1.165) is 28.2 Å². The molecule has 0 saturated carbocycles. The monoisotopic (exact) mass is 630 g/mol. The van der Waals surface area contributed by atoms with Crippen molar-refractivity contribution in [2.24, 2.45) is 22.6 Å². The average Bonchev–Trinajstić information content (AvgIpc) is 2.99. The molecule has 0 saturated heterocycles. The first-order chi connectivity index (χ1) is 21.3. The quantitative estimate of drug-likeness (QED) is 0.0313. The Morgan fingerprint density at radius 2 is 1.71 bits per heavy atom. The van der Waals surface area contributed by atoms with E-state index in [1.54, 1.807) is 26.0 Å². The summed E-state index contributed by atoms with van der Waals surface area (Å²) in [5.41, 5.74) is 9.11. The van der Waals surface area contributed by atoms with Gasteiger partial charge in [0.25, 0.3) is 5.09 Å². The highest BCUT2D eigenvalue weighted by atomic mass is 16.9. The molecule has 246 valence electrons. The number of hydrazone groups is 1. The zero-order valence-corrected chi connectivity index (χ0v) is 26.0. The number of hydrogen-bond acceptors (Lipinski definition) is 11. The van der Waals surface area contributed by atoms with Crippen LogP contribution in [0, 0.1) is 16.0 Å². The van der Waals surface area contributed by atoms with Crippen LogP contribution < -0.4 is 11.6 Å². The maximum atomic E-state index is 13.0. The fourth-order valence-electron chi connectivity index (χ4n) is 4.38. The number of aliphatic carboxylic acids is 1. The molecule has 0 aromatic heterocycles. The van der Waals surface area contributed by atoms with Gasteiger partial charge < -0.3 is 30.1 Å². The molecule has 0 aliphatic rings. The summed E-state index contributed by atoms with van der Waals surface area (Å²) in [5, 5.41) is 24.1. The zero-order valence-electron chi connectivity index (χ0n) is 26.0. The Morgan fingerprint density at radius 3 is 2.31 bits per heavy atom. The lowest BCUT2D eigenvalue weighted by Gasteiger charge is -2.32. The molecule has 0 heterocycles. The summed E-state index contributed by atoms with van der Waals surface area (Å²) in [4.78, 5) is 52.7. The number of nitrogens with two attached hydrogens (primary N) is 2. The maximum absolute atomic E-state index is 13.0. The summed E-state index contributed by atoms with van der Waals surface area (Å²) < 4.78 is 9.89. The molecule has 1 amide bonds. The summed E-state index contributed by atoms with van der Waals surface area (Å²) in [6.07, 6.45) is -0.247. The van der Waals surface area contributed by atoms with Crippen LogP contribution in [-0.2, 0) is 30.4 Å². The lowest BCUT2D eigenvalue weighted by Crippen LogP contribution is -2.47. The standard InChI is InChI=1S/C30H42N6O9/c1-5-6-12-26(37)34(27(20(2)3)29(38)39)19-22-13-15-23(16-14-22)24-10-7-8-11-25(24)28(31)33-35(32)21(4)45-30(40)43-17-9-18-44-36(41)42/h7-8,10-11,13-16,20-21,27H,5-6,9,12,17-19,32H2,1-4H3,(H2,31,33)(H,38,39). The molecule has 0 spiro atoms. The molecule has 15 nitrogen and oxygen atoms in total. The molecule has 45 heavy (non-hydrogen) atoms. The van der Waals surface area contributed by atoms with Gasteiger partial charge in [0, 0.05) is 24.9 Å². The van der Waals surface area contributed by atoms with Gasteiger partial charge in [0.1, 0.15) is 6.04 Å². The summed E-state index contributed by atoms with van der Waals surface area (Å²) in [5.74, 6) is 4.48. The SMILES string of the molecule is CCCCC(=O)N(Cc1ccc(-c2ccccc2/C(N)=N/N(N)C(C)OC(=O)OCCCO[N+](=O)[O-])cc1)C(C(=O)O)C(C)C. The third kappa shape index (κ3) is 11.6. The van der Waals surface area contributed by atoms with E-state index in [0.29, 0.717) is 12.0 Å². The van der Waals surface area contributed by atoms with Gasteiger partial charge >= 0.3 is 12.1 Å². The molecule has 2 atom stereocenters. The summed E-state index contributed by atoms with van der Waals surface area (Å²) in [6, 6.07) is 13.6. The molecule has 0 aliphatic carbocycles. The number of carboxylic acids is 1. The number of amides is 1. The molecule has 2 rings (SSSR count). The van der Waals surface area contributed by atoms with Crippen molar-refractivity contribution in [1.29, 1.82) is 0 Å². The van der Waals surface area contributed by atoms with Gasteiger partial charge in [-0.25, -0.2) is 15.4 Å². The van der Waals surface area contributed by atoms with Gasteiger partial charge in [-0.05, 0) is 36.0 Å². The number of carboxylic acid groups (broad SMARTS) is 1. The van der Waals surface area contributed by atoms with E-state index in [2.05, 4.69) is 9.94 Å². The van der Waals surface area contributed by atoms with Crippen LogP contribution in [0.3, 0.4) is 0 Å². The predicted molar refractivity (Wildman–Crippen MR) is 164 cm³/mol. The zero-order chi connectivity index (χ0) is 33.5. The summed E-state index contributed by atoms with van der Waals surface area (Å²) in [6.45, 7) is 6.75. The first-order valence-electron chi connectivity index (χ1n) is 14.5. The van der Waals surface area contributed by atoms with Crippen LogP contribution in [0.15, 0.2) is 53.6 Å². The Bertz CT molecular complexity index is 1320. The van der Waals surface area contributed by atoms with Gasteiger partial charge in [-0.2, -0.15) is 5.12 Å². The number of nitrogens with zero attached hydrogens (tertiary/aromatic N) is 4. The number of carbonyl (C=O) groups excluding carboxylic acids is 2. The van der Waals surface area contributed by atoms with Crippen LogP contribution in [0.1, 0.15) is 64.5 Å². The number of unbranched alkanes of at least 4 members (excludes halogenated alkanes) is 1. The van der Waals surface area contributed by atoms with Gasteiger partial charge in [0.05, 0.1) is 13.2 Å². The van der Waals surface area contributed by atoms with Crippen molar-refractivity contribution in [2.75, 3.05) is 13.2 Å². The number of benzene rings is 2. The van der Waals surface area contributed by atoms with Crippen LogP contribution in [0.2, 0.25) is 0 Å². The van der Waals surface area contributed by atoms with Gasteiger partial charge in [0.2, 0.25) is 12.1 Å². The molecule has 15 heteroatoms. The molecule has 2 aromatic carbocycles. The van der Waals surface area contributed by atoms with Gasteiger partial charge in [0.15, 0.2) is 5.84 Å². The second kappa shape index (κ2) is 18.0. The van der Waals surface area contributed by atoms with E-state index in [9.17, 15) is 29.6 Å². The number of carbonyl (C=O) groups is 3. The second-order valence-electron chi connectivity index (χ2n) is 10.5. The first kappa shape index (κ1) is 36.3. The Balaban J connectivity index is 2.17. The molecule has 5 N–H and O–H groups in total. The Hall–Kier alpha value is -4.92. The van der Waals surface area contributed by atoms with Crippen LogP contribution in [0.5, 0.6) is 0 Å². The normalized spacial score (nSPS) is 12.6. The minimum Gasteiger partial charge on any atom is -0.480 e. The van der Waals surface area contributed by atoms with Gasteiger partial charge in [-0.1, -0.05) is 75.7 Å². The van der Waals surface area contributed by atoms with Crippen molar-refractivity contribution >= 4 is 23.9 Å². The number of hydrazine groups is 1. The van der Waals surface area contributed by atoms with E-state index in [-0.39, 0.29) is 50.3 Å². The highest BCUT2D eigenvalue weighted by molar-refractivity contribution is 6.03. The molecule has 0 radical (unpaired) electrons. The van der Waals surface area contributed by atoms with Crippen LogP contribution in [-0.4, -0.2) is 69.6 Å². The minimum atomic E-state index is -1.07. The largest absolute Gasteiger partial charge is 0.510 e. The third-order valence-electron chi connectivity index (χ3n) is 6.67. The van der Waals surface area contributed by atoms with Crippen molar-refractivity contribution in [1.82, 2.24) is 10.0 Å². The first-order valence-corrected chi connectivity index (χ1v) is 14.5. The summed E-state index contributed by atoms with van der Waals surface area (Å²) in [7, 11) is 0. The molecule has 2 aromatic rings. The smallest absolute Gasteiger partial charge is 0.480 e. The Kier molecular flexibility index (Phi) is 14.5. The van der Waals surface area contributed by atoms with Crippen LogP contribution in [0.25, 0.3) is 11.1 Å². The highest BCUT2D eigenvalue weighted by Crippen LogP contribution is 2.26. The number of amidine groups is 1. The molecule has 0 bridgehead atoms. The van der Waals surface area contributed by atoms with E-state index >= 15 is 0 Å². The van der Waals surface area contributed by atoms with Crippen molar-refractivity contribution in [3.05, 3.63) is 69.8 Å². The molecule has 2 unspecified atom stereocenters. The van der Waals surface area contributed by atoms with Crippen molar-refractivity contribution in [2.45, 2.75) is 72.2 Å². The van der Waals surface area contributed by atoms with E-state index in [1.807, 2.05) is 43.3 Å². The second-order valence-corrected chi connectivity index (χ2v) is 10.5. The minimum absolute atomic E-state index is 0.0341. The topological polar surface area (TPSA) is 213 Å². The molecular formula is C30H42N6O9. The molecular weight excluding hydrogens is 588 g/mol. The lowest BCUT2D eigenvalue weighted by molar-refractivity contribution is -0.757. The Morgan fingerprint density at radius 1 is 1.04 bits per heavy atom. The molecule has 0 aliphatic heterocycles. The fraction of sp³-hybridized carbons (Fsp3) is 0.467. The van der Waals surface area contributed by atoms with Crippen LogP contribution >= 0.6 is 0 Å². The lowest BCUT2D eigenvalue weighted by atomic mass is 9.97. The van der Waals surface area contributed by atoms with E-state index in [4.69, 9.17) is 21.1 Å². The summed E-state index contributed by atoms with van der Waals surface area (Å²) >= 11 is 0. The number of ether oxygens (including phenoxy) is 2. The number of hydrogen-bond donors (Lipinski definition) is 3. The van der Waals surface area contributed by atoms with Crippen molar-refractivity contribution in [3.8, 4) is 11.1 Å². The van der Waals surface area contributed by atoms with Gasteiger partial charge in [-0.3, -0.25) is 4.79 Å². The Labute approximate surface area is 261 Å². The maximum Gasteiger partial charge on any atom is 0.510 e. The van der Waals surface area contributed by atoms with Crippen molar-refractivity contribution in [3.63, 3.8) is 0 Å². The fourth-order valence-corrected chi connectivity index (χ4v) is 4.38. The van der Waals surface area contributed by atoms with Crippen LogP contribution in [0.4, 0.5) is 4.79 Å². The van der Waals surface area contributed by atoms with E-state index < -0.39 is 29.5 Å². The predicted octanol–water partition coefficient (Wildman–Crippen LogP) is 3.88. The van der Waals surface area contributed by atoms with Crippen molar-refractivity contribution < 1.29 is 38.9 Å². The van der Waals surface area contributed by atoms with Gasteiger partial charge in [-0.15, -0.1) is 15.2 Å². The molecule has 0 fully saturated rings. The van der Waals surface area contributed by atoms with E-state index in [1.165, 1.54) is 11.8 Å². The average molecular weight is 631 g/mol. The number of rotatable bonds is 18. The third-order valence-corrected chi connectivity index (χ3v) is 6.67. The highest BCUT2D eigenvalue weighted by Gasteiger charge is 2.32.